The van der Waals surface area contributed by atoms with Crippen LogP contribution in [-0.4, -0.2) is 30.8 Å². The van der Waals surface area contributed by atoms with Gasteiger partial charge in [-0.15, -0.1) is 0 Å². The second-order valence-electron chi connectivity index (χ2n) is 13.1. The average Bonchev–Trinajstić information content (AvgIpc) is 3.09. The number of halogens is 1. The first kappa shape index (κ1) is 38.1. The van der Waals surface area contributed by atoms with Gasteiger partial charge in [0.25, 0.3) is 0 Å². The molecule has 0 heterocycles. The van der Waals surface area contributed by atoms with Crippen LogP contribution in [0, 0.1) is 17.2 Å². The zero-order valence-electron chi connectivity index (χ0n) is 28.8. The predicted molar refractivity (Wildman–Crippen MR) is 184 cm³/mol. The van der Waals surface area contributed by atoms with E-state index in [9.17, 15) is 19.2 Å². The summed E-state index contributed by atoms with van der Waals surface area (Å²) in [7, 11) is 0. The molecular weight excluding hydrogens is 593 g/mol. The first-order chi connectivity index (χ1) is 22.9. The smallest absolute Gasteiger partial charge is 0.344 e. The number of alkyl halides is 1. The molecule has 6 nitrogen and oxygen atoms in total. The van der Waals surface area contributed by atoms with Crippen LogP contribution >= 0.6 is 0 Å². The molecule has 1 atom stereocenters. The molecule has 0 aliphatic heterocycles. The molecule has 0 amide bonds. The number of esters is 2. The summed E-state index contributed by atoms with van der Waals surface area (Å²) in [6.45, 7) is 4.81. The van der Waals surface area contributed by atoms with Crippen molar-refractivity contribution in [3.63, 3.8) is 0 Å². The van der Waals surface area contributed by atoms with Crippen molar-refractivity contribution in [1.82, 2.24) is 0 Å². The van der Waals surface area contributed by atoms with E-state index in [2.05, 4.69) is 13.0 Å². The molecule has 0 N–H and O–H groups in total. The summed E-state index contributed by atoms with van der Waals surface area (Å²) in [5.74, 6) is 0.278. The molecule has 1 aliphatic rings. The lowest BCUT2D eigenvalue weighted by Gasteiger charge is -2.28. The third kappa shape index (κ3) is 14.5. The number of nitriles is 1. The number of aryl methyl sites for hydroxylation is 1. The molecule has 47 heavy (non-hydrogen) atoms. The van der Waals surface area contributed by atoms with E-state index in [1.165, 1.54) is 51.4 Å². The summed E-state index contributed by atoms with van der Waals surface area (Å²) in [5.41, 5.74) is 1.60. The monoisotopic (exact) mass is 649 g/mol. The molecule has 0 radical (unpaired) electrons. The second kappa shape index (κ2) is 22.2. The summed E-state index contributed by atoms with van der Waals surface area (Å²) < 4.78 is 30.8. The van der Waals surface area contributed by atoms with Gasteiger partial charge in [0.2, 0.25) is 0 Å². The third-order valence-electron chi connectivity index (χ3n) is 9.22. The number of unbranched alkanes of at least 4 members (excludes halogenated alkanes) is 10. The number of carbonyl (C=O) groups is 2. The lowest BCUT2D eigenvalue weighted by molar-refractivity contribution is -0.157. The van der Waals surface area contributed by atoms with Gasteiger partial charge in [-0.2, -0.15) is 5.26 Å². The second-order valence-corrected chi connectivity index (χ2v) is 13.1. The summed E-state index contributed by atoms with van der Waals surface area (Å²) in [6.07, 6.45) is 18.1. The molecular formula is C40H56FNO5. The maximum Gasteiger partial charge on any atom is 0.344 e. The standard InChI is InChI=1S/C40H56FNO5/c1-3-5-7-8-9-10-11-12-13-14-28-45-36-26-27-37(33(29-36)30-42)39(43)46-34-22-18-31(19-23-34)16-17-32-20-24-35(25-21-32)47-40(44)38(41)15-6-4-2/h18-19,22-23,26-27,29,32,35,38H,3-17,20-21,24-25,28H2,1-2H3/t32-,35-,38-/m0/s1. The van der Waals surface area contributed by atoms with Crippen molar-refractivity contribution in [2.75, 3.05) is 6.61 Å². The van der Waals surface area contributed by atoms with Gasteiger partial charge in [-0.3, -0.25) is 0 Å². The van der Waals surface area contributed by atoms with Gasteiger partial charge in [0.15, 0.2) is 6.17 Å². The molecule has 3 rings (SSSR count). The van der Waals surface area contributed by atoms with E-state index < -0.39 is 18.1 Å². The number of hydrogen-bond donors (Lipinski definition) is 0. The molecule has 2 aromatic rings. The summed E-state index contributed by atoms with van der Waals surface area (Å²) in [4.78, 5) is 24.9. The summed E-state index contributed by atoms with van der Waals surface area (Å²) in [6, 6.07) is 14.5. The molecule has 0 aromatic heterocycles. The van der Waals surface area contributed by atoms with Crippen LogP contribution in [0.4, 0.5) is 4.39 Å². The summed E-state index contributed by atoms with van der Waals surface area (Å²) >= 11 is 0. The first-order valence-corrected chi connectivity index (χ1v) is 18.3. The summed E-state index contributed by atoms with van der Waals surface area (Å²) in [5, 5.41) is 9.67. The minimum Gasteiger partial charge on any atom is -0.494 e. The minimum absolute atomic E-state index is 0.174. The van der Waals surface area contributed by atoms with Crippen LogP contribution in [-0.2, 0) is 16.0 Å². The lowest BCUT2D eigenvalue weighted by Crippen LogP contribution is -2.29. The maximum atomic E-state index is 13.9. The maximum absolute atomic E-state index is 13.9. The lowest BCUT2D eigenvalue weighted by atomic mass is 9.83. The number of nitrogens with zero attached hydrogens (tertiary/aromatic N) is 1. The molecule has 2 aromatic carbocycles. The van der Waals surface area contributed by atoms with E-state index in [0.29, 0.717) is 30.4 Å². The largest absolute Gasteiger partial charge is 0.494 e. The molecule has 0 spiro atoms. The minimum atomic E-state index is -1.51. The van der Waals surface area contributed by atoms with Crippen LogP contribution in [0.2, 0.25) is 0 Å². The highest BCUT2D eigenvalue weighted by Gasteiger charge is 2.27. The van der Waals surface area contributed by atoms with E-state index >= 15 is 0 Å². The van der Waals surface area contributed by atoms with Crippen molar-refractivity contribution < 1.29 is 28.2 Å². The van der Waals surface area contributed by atoms with Gasteiger partial charge in [-0.1, -0.05) is 96.6 Å². The zero-order chi connectivity index (χ0) is 33.7. The molecule has 0 unspecified atom stereocenters. The highest BCUT2D eigenvalue weighted by atomic mass is 19.1. The molecule has 0 bridgehead atoms. The SMILES string of the molecule is CCCCCCCCCCCCOc1ccc(C(=O)Oc2ccc(CC[C@H]3CC[C@H](OC(=O)[C@@H](F)CCCC)CC3)cc2)c(C#N)c1. The fourth-order valence-corrected chi connectivity index (χ4v) is 6.20. The third-order valence-corrected chi connectivity index (χ3v) is 9.22. The number of carbonyl (C=O) groups excluding carboxylic acids is 2. The van der Waals surface area contributed by atoms with Gasteiger partial charge >= 0.3 is 11.9 Å². The van der Waals surface area contributed by atoms with Gasteiger partial charge in [-0.05, 0) is 93.2 Å². The Hall–Kier alpha value is -3.40. The Balaban J connectivity index is 1.34. The topological polar surface area (TPSA) is 85.6 Å². The van der Waals surface area contributed by atoms with Crippen molar-refractivity contribution >= 4 is 11.9 Å². The fraction of sp³-hybridized carbons (Fsp3) is 0.625. The zero-order valence-corrected chi connectivity index (χ0v) is 28.8. The van der Waals surface area contributed by atoms with Gasteiger partial charge in [-0.25, -0.2) is 14.0 Å². The van der Waals surface area contributed by atoms with E-state index in [4.69, 9.17) is 14.2 Å². The van der Waals surface area contributed by atoms with Gasteiger partial charge in [0.1, 0.15) is 23.7 Å². The van der Waals surface area contributed by atoms with Gasteiger partial charge < -0.3 is 14.2 Å². The average molecular weight is 650 g/mol. The molecule has 1 fully saturated rings. The molecule has 1 saturated carbocycles. The van der Waals surface area contributed by atoms with Crippen LogP contribution in [0.25, 0.3) is 0 Å². The molecule has 1 aliphatic carbocycles. The Kier molecular flexibility index (Phi) is 18.0. The van der Waals surface area contributed by atoms with Crippen molar-refractivity contribution in [1.29, 1.82) is 5.26 Å². The molecule has 258 valence electrons. The van der Waals surface area contributed by atoms with Crippen molar-refractivity contribution in [2.24, 2.45) is 5.92 Å². The van der Waals surface area contributed by atoms with Crippen LogP contribution < -0.4 is 9.47 Å². The van der Waals surface area contributed by atoms with Crippen LogP contribution in [0.5, 0.6) is 11.5 Å². The number of benzene rings is 2. The quantitative estimate of drug-likeness (QED) is 0.0717. The Labute approximate surface area is 282 Å². The van der Waals surface area contributed by atoms with Crippen LogP contribution in [0.3, 0.4) is 0 Å². The normalized spacial score (nSPS) is 16.6. The van der Waals surface area contributed by atoms with Crippen LogP contribution in [0.15, 0.2) is 42.5 Å². The Morgan fingerprint density at radius 1 is 0.830 bits per heavy atom. The highest BCUT2D eigenvalue weighted by molar-refractivity contribution is 5.94. The van der Waals surface area contributed by atoms with E-state index in [-0.39, 0.29) is 23.7 Å². The van der Waals surface area contributed by atoms with Crippen molar-refractivity contribution in [2.45, 2.75) is 148 Å². The van der Waals surface area contributed by atoms with Gasteiger partial charge in [0.05, 0.1) is 17.7 Å². The van der Waals surface area contributed by atoms with Crippen LogP contribution in [0.1, 0.15) is 151 Å². The van der Waals surface area contributed by atoms with E-state index in [1.807, 2.05) is 19.1 Å². The predicted octanol–water partition coefficient (Wildman–Crippen LogP) is 10.6. The number of hydrogen-bond acceptors (Lipinski definition) is 6. The number of ether oxygens (including phenoxy) is 3. The van der Waals surface area contributed by atoms with E-state index in [1.54, 1.807) is 30.3 Å². The number of rotatable bonds is 22. The Morgan fingerprint density at radius 2 is 1.45 bits per heavy atom. The Morgan fingerprint density at radius 3 is 2.09 bits per heavy atom. The molecule has 7 heteroatoms. The van der Waals surface area contributed by atoms with Gasteiger partial charge in [0, 0.05) is 0 Å². The van der Waals surface area contributed by atoms with Crippen molar-refractivity contribution in [3.8, 4) is 17.6 Å². The molecule has 0 saturated heterocycles. The first-order valence-electron chi connectivity index (χ1n) is 18.3. The Bertz CT molecular complexity index is 1230. The van der Waals surface area contributed by atoms with E-state index in [0.717, 1.165) is 63.4 Å². The van der Waals surface area contributed by atoms with Crippen molar-refractivity contribution in [3.05, 3.63) is 59.2 Å². The fourth-order valence-electron chi connectivity index (χ4n) is 6.20. The highest BCUT2D eigenvalue weighted by Crippen LogP contribution is 2.30.